The van der Waals surface area contributed by atoms with Crippen LogP contribution in [0.4, 0.5) is 0 Å². The number of rotatable bonds is 12. The van der Waals surface area contributed by atoms with Gasteiger partial charge in [-0.25, -0.2) is 0 Å². The summed E-state index contributed by atoms with van der Waals surface area (Å²) in [4.78, 5) is 0. The van der Waals surface area contributed by atoms with Crippen molar-refractivity contribution in [1.82, 2.24) is 5.32 Å². The zero-order valence-electron chi connectivity index (χ0n) is 12.4. The third-order valence-electron chi connectivity index (χ3n) is 3.62. The first kappa shape index (κ1) is 16.7. The molecule has 0 bridgehead atoms. The van der Waals surface area contributed by atoms with Gasteiger partial charge in [0.2, 0.25) is 0 Å². The molecule has 0 aromatic rings. The summed E-state index contributed by atoms with van der Waals surface area (Å²) in [5, 5.41) is 3.44. The standard InChI is InChI=1S/C16H33N/c1-5-8-9-10-11-12-13-14-16(4,6-2)15-17-7-3/h6,17H,2,5,7-15H2,1,3-4H3. The highest BCUT2D eigenvalue weighted by Gasteiger charge is 2.18. The fourth-order valence-corrected chi connectivity index (χ4v) is 2.16. The van der Waals surface area contributed by atoms with Gasteiger partial charge < -0.3 is 5.32 Å². The summed E-state index contributed by atoms with van der Waals surface area (Å²) < 4.78 is 0. The second-order valence-corrected chi connectivity index (χ2v) is 5.51. The summed E-state index contributed by atoms with van der Waals surface area (Å²) in [7, 11) is 0. The molecule has 0 radical (unpaired) electrons. The Morgan fingerprint density at radius 3 is 2.12 bits per heavy atom. The Hall–Kier alpha value is -0.300. The second-order valence-electron chi connectivity index (χ2n) is 5.51. The second kappa shape index (κ2) is 10.8. The van der Waals surface area contributed by atoms with E-state index < -0.39 is 0 Å². The lowest BCUT2D eigenvalue weighted by Gasteiger charge is -2.26. The molecule has 0 amide bonds. The Bertz CT molecular complexity index is 176. The van der Waals surface area contributed by atoms with Crippen LogP contribution in [0, 0.1) is 5.41 Å². The van der Waals surface area contributed by atoms with Gasteiger partial charge in [0, 0.05) is 6.54 Å². The van der Waals surface area contributed by atoms with Crippen molar-refractivity contribution in [3.05, 3.63) is 12.7 Å². The van der Waals surface area contributed by atoms with Gasteiger partial charge in [-0.2, -0.15) is 0 Å². The fourth-order valence-electron chi connectivity index (χ4n) is 2.16. The SMILES string of the molecule is C=CC(C)(CCCCCCCCC)CNCC. The Kier molecular flexibility index (Phi) is 10.6. The molecular weight excluding hydrogens is 206 g/mol. The van der Waals surface area contributed by atoms with Gasteiger partial charge in [-0.1, -0.05) is 71.8 Å². The number of hydrogen-bond donors (Lipinski definition) is 1. The minimum absolute atomic E-state index is 0.291. The lowest BCUT2D eigenvalue weighted by Crippen LogP contribution is -2.30. The number of hydrogen-bond acceptors (Lipinski definition) is 1. The normalized spacial score (nSPS) is 14.5. The quantitative estimate of drug-likeness (QED) is 0.376. The topological polar surface area (TPSA) is 12.0 Å². The largest absolute Gasteiger partial charge is 0.316 e. The molecule has 0 rings (SSSR count). The van der Waals surface area contributed by atoms with Crippen LogP contribution in [0.25, 0.3) is 0 Å². The first-order valence-electron chi connectivity index (χ1n) is 7.53. The minimum Gasteiger partial charge on any atom is -0.316 e. The van der Waals surface area contributed by atoms with Crippen LogP contribution < -0.4 is 5.32 Å². The van der Waals surface area contributed by atoms with Crippen LogP contribution in [0.3, 0.4) is 0 Å². The lowest BCUT2D eigenvalue weighted by molar-refractivity contribution is 0.350. The molecule has 0 heterocycles. The van der Waals surface area contributed by atoms with Gasteiger partial charge in [0.15, 0.2) is 0 Å². The monoisotopic (exact) mass is 239 g/mol. The predicted molar refractivity (Wildman–Crippen MR) is 79.5 cm³/mol. The molecule has 1 N–H and O–H groups in total. The molecule has 102 valence electrons. The smallest absolute Gasteiger partial charge is 0.00396 e. The minimum atomic E-state index is 0.291. The average molecular weight is 239 g/mol. The van der Waals surface area contributed by atoms with Crippen LogP contribution in [0.5, 0.6) is 0 Å². The highest BCUT2D eigenvalue weighted by atomic mass is 14.9. The van der Waals surface area contributed by atoms with E-state index in [0.29, 0.717) is 5.41 Å². The molecule has 0 aromatic carbocycles. The third-order valence-corrected chi connectivity index (χ3v) is 3.62. The maximum Gasteiger partial charge on any atom is 0.00396 e. The van der Waals surface area contributed by atoms with Crippen LogP contribution in [0.15, 0.2) is 12.7 Å². The number of nitrogens with one attached hydrogen (secondary N) is 1. The predicted octanol–water partition coefficient (Wildman–Crippen LogP) is 4.93. The maximum absolute atomic E-state index is 3.99. The molecule has 0 spiro atoms. The van der Waals surface area contributed by atoms with E-state index in [4.69, 9.17) is 0 Å². The van der Waals surface area contributed by atoms with Crippen LogP contribution in [-0.2, 0) is 0 Å². The lowest BCUT2D eigenvalue weighted by atomic mass is 9.84. The van der Waals surface area contributed by atoms with Gasteiger partial charge >= 0.3 is 0 Å². The Morgan fingerprint density at radius 1 is 1.00 bits per heavy atom. The van der Waals surface area contributed by atoms with Crippen LogP contribution >= 0.6 is 0 Å². The summed E-state index contributed by atoms with van der Waals surface area (Å²) in [6.07, 6.45) is 13.2. The molecule has 0 saturated carbocycles. The van der Waals surface area contributed by atoms with E-state index >= 15 is 0 Å². The van der Waals surface area contributed by atoms with E-state index in [1.54, 1.807) is 0 Å². The Labute approximate surface area is 109 Å². The van der Waals surface area contributed by atoms with Gasteiger partial charge in [-0.15, -0.1) is 6.58 Å². The van der Waals surface area contributed by atoms with Crippen molar-refractivity contribution in [3.8, 4) is 0 Å². The van der Waals surface area contributed by atoms with Crippen molar-refractivity contribution in [1.29, 1.82) is 0 Å². The van der Waals surface area contributed by atoms with Crippen molar-refractivity contribution in [2.24, 2.45) is 5.41 Å². The maximum atomic E-state index is 3.99. The van der Waals surface area contributed by atoms with Crippen molar-refractivity contribution < 1.29 is 0 Å². The Balaban J connectivity index is 3.52. The molecule has 0 aromatic heterocycles. The molecular formula is C16H33N. The van der Waals surface area contributed by atoms with Crippen molar-refractivity contribution in [2.75, 3.05) is 13.1 Å². The highest BCUT2D eigenvalue weighted by Crippen LogP contribution is 2.25. The van der Waals surface area contributed by atoms with Crippen LogP contribution in [-0.4, -0.2) is 13.1 Å². The van der Waals surface area contributed by atoms with E-state index in [9.17, 15) is 0 Å². The molecule has 0 aliphatic carbocycles. The highest BCUT2D eigenvalue weighted by molar-refractivity contribution is 4.92. The van der Waals surface area contributed by atoms with Crippen molar-refractivity contribution >= 4 is 0 Å². The molecule has 0 fully saturated rings. The molecule has 0 saturated heterocycles. The van der Waals surface area contributed by atoms with Crippen LogP contribution in [0.2, 0.25) is 0 Å². The summed E-state index contributed by atoms with van der Waals surface area (Å²) in [6, 6.07) is 0. The van der Waals surface area contributed by atoms with Gasteiger partial charge in [0.1, 0.15) is 0 Å². The summed E-state index contributed by atoms with van der Waals surface area (Å²) in [6.45, 7) is 12.9. The molecule has 1 atom stereocenters. The zero-order chi connectivity index (χ0) is 13.0. The third kappa shape index (κ3) is 9.41. The zero-order valence-corrected chi connectivity index (χ0v) is 12.4. The first-order chi connectivity index (χ1) is 8.18. The van der Waals surface area contributed by atoms with Gasteiger partial charge in [-0.05, 0) is 18.4 Å². The van der Waals surface area contributed by atoms with Gasteiger partial charge in [0.25, 0.3) is 0 Å². The van der Waals surface area contributed by atoms with Crippen molar-refractivity contribution in [2.45, 2.75) is 72.1 Å². The van der Waals surface area contributed by atoms with E-state index in [1.165, 1.54) is 51.4 Å². The molecule has 0 aliphatic heterocycles. The fraction of sp³-hybridized carbons (Fsp3) is 0.875. The van der Waals surface area contributed by atoms with Gasteiger partial charge in [-0.3, -0.25) is 0 Å². The summed E-state index contributed by atoms with van der Waals surface area (Å²) >= 11 is 0. The first-order valence-corrected chi connectivity index (χ1v) is 7.53. The average Bonchev–Trinajstić information content (AvgIpc) is 2.35. The summed E-state index contributed by atoms with van der Waals surface area (Å²) in [5.74, 6) is 0. The molecule has 1 nitrogen and oxygen atoms in total. The van der Waals surface area contributed by atoms with Crippen LogP contribution in [0.1, 0.15) is 72.1 Å². The van der Waals surface area contributed by atoms with E-state index in [1.807, 2.05) is 0 Å². The van der Waals surface area contributed by atoms with E-state index in [2.05, 4.69) is 38.7 Å². The van der Waals surface area contributed by atoms with E-state index in [-0.39, 0.29) is 0 Å². The summed E-state index contributed by atoms with van der Waals surface area (Å²) in [5.41, 5.74) is 0.291. The Morgan fingerprint density at radius 2 is 1.59 bits per heavy atom. The number of unbranched alkanes of at least 4 members (excludes halogenated alkanes) is 6. The molecule has 1 unspecified atom stereocenters. The van der Waals surface area contributed by atoms with Gasteiger partial charge in [0.05, 0.1) is 0 Å². The van der Waals surface area contributed by atoms with Crippen molar-refractivity contribution in [3.63, 3.8) is 0 Å². The molecule has 17 heavy (non-hydrogen) atoms. The molecule has 1 heteroatoms. The van der Waals surface area contributed by atoms with E-state index in [0.717, 1.165) is 13.1 Å². The molecule has 0 aliphatic rings.